The van der Waals surface area contributed by atoms with E-state index in [1.54, 1.807) is 0 Å². The van der Waals surface area contributed by atoms with Crippen LogP contribution in [0.3, 0.4) is 0 Å². The molecule has 0 bridgehead atoms. The molecule has 24 heavy (non-hydrogen) atoms. The summed E-state index contributed by atoms with van der Waals surface area (Å²) in [7, 11) is 0. The SMILES string of the molecule is CCC(CC)C(CNC(=O)[C@@H](N)CC(C)C)N1CCOCC1.Cl.Cl. The first-order chi connectivity index (χ1) is 10.5. The van der Waals surface area contributed by atoms with Crippen molar-refractivity contribution in [2.24, 2.45) is 17.6 Å². The summed E-state index contributed by atoms with van der Waals surface area (Å²) in [6, 6.07) is -0.0128. The molecule has 1 amide bonds. The van der Waals surface area contributed by atoms with Gasteiger partial charge in [0.2, 0.25) is 5.91 Å². The van der Waals surface area contributed by atoms with Crippen LogP contribution in [0.5, 0.6) is 0 Å². The van der Waals surface area contributed by atoms with Gasteiger partial charge in [0.15, 0.2) is 0 Å². The molecule has 7 heteroatoms. The van der Waals surface area contributed by atoms with Crippen molar-refractivity contribution in [3.8, 4) is 0 Å². The van der Waals surface area contributed by atoms with Crippen LogP contribution in [-0.2, 0) is 9.53 Å². The van der Waals surface area contributed by atoms with E-state index >= 15 is 0 Å². The second kappa shape index (κ2) is 14.1. The molecule has 1 unspecified atom stereocenters. The highest BCUT2D eigenvalue weighted by molar-refractivity contribution is 5.85. The van der Waals surface area contributed by atoms with Gasteiger partial charge in [0.1, 0.15) is 0 Å². The Kier molecular flexibility index (Phi) is 15.4. The van der Waals surface area contributed by atoms with Crippen LogP contribution >= 0.6 is 24.8 Å². The smallest absolute Gasteiger partial charge is 0.236 e. The number of carbonyl (C=O) groups excluding carboxylic acids is 1. The molecule has 1 aliphatic rings. The molecule has 0 aliphatic carbocycles. The molecule has 0 radical (unpaired) electrons. The lowest BCUT2D eigenvalue weighted by Gasteiger charge is -2.39. The first-order valence-electron chi connectivity index (χ1n) is 8.84. The minimum Gasteiger partial charge on any atom is -0.379 e. The van der Waals surface area contributed by atoms with E-state index in [4.69, 9.17) is 10.5 Å². The number of hydrogen-bond donors (Lipinski definition) is 2. The lowest BCUT2D eigenvalue weighted by molar-refractivity contribution is -0.123. The van der Waals surface area contributed by atoms with Gasteiger partial charge in [-0.1, -0.05) is 40.5 Å². The lowest BCUT2D eigenvalue weighted by Crippen LogP contribution is -2.53. The lowest BCUT2D eigenvalue weighted by atomic mass is 9.92. The fourth-order valence-corrected chi connectivity index (χ4v) is 3.29. The van der Waals surface area contributed by atoms with Crippen LogP contribution < -0.4 is 11.1 Å². The van der Waals surface area contributed by atoms with Crippen LogP contribution in [0.2, 0.25) is 0 Å². The molecule has 1 aliphatic heterocycles. The quantitative estimate of drug-likeness (QED) is 0.639. The van der Waals surface area contributed by atoms with E-state index in [2.05, 4.69) is 37.9 Å². The fourth-order valence-electron chi connectivity index (χ4n) is 3.29. The van der Waals surface area contributed by atoms with Crippen molar-refractivity contribution in [1.29, 1.82) is 0 Å². The number of carbonyl (C=O) groups is 1. The van der Waals surface area contributed by atoms with Crippen LogP contribution in [0, 0.1) is 11.8 Å². The van der Waals surface area contributed by atoms with Gasteiger partial charge in [0.05, 0.1) is 19.3 Å². The van der Waals surface area contributed by atoms with Crippen molar-refractivity contribution in [3.63, 3.8) is 0 Å². The van der Waals surface area contributed by atoms with E-state index < -0.39 is 6.04 Å². The fraction of sp³-hybridized carbons (Fsp3) is 0.941. The molecule has 0 saturated carbocycles. The van der Waals surface area contributed by atoms with Gasteiger partial charge in [-0.25, -0.2) is 0 Å². The number of ether oxygens (including phenoxy) is 1. The molecule has 1 saturated heterocycles. The zero-order valence-electron chi connectivity index (χ0n) is 15.6. The molecule has 0 spiro atoms. The van der Waals surface area contributed by atoms with Crippen molar-refractivity contribution in [2.75, 3.05) is 32.8 Å². The summed E-state index contributed by atoms with van der Waals surface area (Å²) in [4.78, 5) is 14.7. The summed E-state index contributed by atoms with van der Waals surface area (Å²) in [6.45, 7) is 12.8. The first-order valence-corrected chi connectivity index (χ1v) is 8.84. The van der Waals surface area contributed by atoms with Gasteiger partial charge >= 0.3 is 0 Å². The van der Waals surface area contributed by atoms with Gasteiger partial charge in [-0.15, -0.1) is 24.8 Å². The average molecular weight is 386 g/mol. The predicted molar refractivity (Wildman–Crippen MR) is 105 cm³/mol. The maximum Gasteiger partial charge on any atom is 0.236 e. The Morgan fingerprint density at radius 1 is 1.17 bits per heavy atom. The Labute approximate surface area is 160 Å². The second-order valence-corrected chi connectivity index (χ2v) is 6.77. The number of nitrogens with zero attached hydrogens (tertiary/aromatic N) is 1. The first kappa shape index (κ1) is 26.2. The molecule has 146 valence electrons. The highest BCUT2D eigenvalue weighted by atomic mass is 35.5. The van der Waals surface area contributed by atoms with Gasteiger partial charge in [0, 0.05) is 25.7 Å². The van der Waals surface area contributed by atoms with Gasteiger partial charge in [-0.2, -0.15) is 0 Å². The van der Waals surface area contributed by atoms with Crippen molar-refractivity contribution in [1.82, 2.24) is 10.2 Å². The third kappa shape index (κ3) is 8.86. The van der Waals surface area contributed by atoms with E-state index in [1.165, 1.54) is 0 Å². The summed E-state index contributed by atoms with van der Waals surface area (Å²) in [5.41, 5.74) is 5.98. The number of hydrogen-bond acceptors (Lipinski definition) is 4. The number of halogens is 2. The molecule has 3 N–H and O–H groups in total. The van der Waals surface area contributed by atoms with E-state index in [1.807, 2.05) is 0 Å². The highest BCUT2D eigenvalue weighted by Crippen LogP contribution is 2.19. The summed E-state index contributed by atoms with van der Waals surface area (Å²) >= 11 is 0. The molecule has 1 heterocycles. The largest absolute Gasteiger partial charge is 0.379 e. The van der Waals surface area contributed by atoms with Crippen molar-refractivity contribution in [2.45, 2.75) is 59.0 Å². The summed E-state index contributed by atoms with van der Waals surface area (Å²) in [5.74, 6) is 1.02. The normalized spacial score (nSPS) is 17.8. The van der Waals surface area contributed by atoms with E-state index in [0.717, 1.165) is 45.6 Å². The molecule has 0 aromatic rings. The predicted octanol–water partition coefficient (Wildman–Crippen LogP) is 2.46. The average Bonchev–Trinajstić information content (AvgIpc) is 2.51. The Morgan fingerprint density at radius 3 is 2.17 bits per heavy atom. The van der Waals surface area contributed by atoms with Gasteiger partial charge < -0.3 is 15.8 Å². The number of amides is 1. The molecule has 1 fully saturated rings. The minimum absolute atomic E-state index is 0. The van der Waals surface area contributed by atoms with E-state index in [-0.39, 0.29) is 30.7 Å². The standard InChI is InChI=1S/C17H35N3O2.2ClH/c1-5-14(6-2)16(20-7-9-22-10-8-20)12-19-17(21)15(18)11-13(3)4;;/h13-16H,5-12,18H2,1-4H3,(H,19,21);2*1H/t15-,16?;;/m0../s1. The van der Waals surface area contributed by atoms with Crippen LogP contribution in [0.4, 0.5) is 0 Å². The van der Waals surface area contributed by atoms with Crippen LogP contribution in [0.15, 0.2) is 0 Å². The maximum atomic E-state index is 12.2. The summed E-state index contributed by atoms with van der Waals surface area (Å²) < 4.78 is 5.46. The van der Waals surface area contributed by atoms with Crippen molar-refractivity contribution >= 4 is 30.7 Å². The number of rotatable bonds is 9. The van der Waals surface area contributed by atoms with E-state index in [0.29, 0.717) is 24.4 Å². The maximum absolute atomic E-state index is 12.2. The van der Waals surface area contributed by atoms with Crippen molar-refractivity contribution in [3.05, 3.63) is 0 Å². The molecular formula is C17H37Cl2N3O2. The Morgan fingerprint density at radius 2 is 1.71 bits per heavy atom. The molecule has 1 rings (SSSR count). The molecule has 0 aromatic heterocycles. The van der Waals surface area contributed by atoms with Crippen LogP contribution in [0.1, 0.15) is 47.0 Å². The topological polar surface area (TPSA) is 67.6 Å². The highest BCUT2D eigenvalue weighted by Gasteiger charge is 2.27. The number of morpholine rings is 1. The zero-order chi connectivity index (χ0) is 16.5. The van der Waals surface area contributed by atoms with Crippen LogP contribution in [-0.4, -0.2) is 55.7 Å². The third-order valence-corrected chi connectivity index (χ3v) is 4.66. The number of nitrogens with one attached hydrogen (secondary N) is 1. The summed E-state index contributed by atoms with van der Waals surface area (Å²) in [6.07, 6.45) is 3.00. The van der Waals surface area contributed by atoms with Gasteiger partial charge in [-0.05, 0) is 18.3 Å². The minimum atomic E-state index is -0.396. The Bertz CT molecular complexity index is 323. The van der Waals surface area contributed by atoms with Crippen LogP contribution in [0.25, 0.3) is 0 Å². The van der Waals surface area contributed by atoms with Gasteiger partial charge in [0.25, 0.3) is 0 Å². The van der Waals surface area contributed by atoms with Gasteiger partial charge in [-0.3, -0.25) is 9.69 Å². The Hall–Kier alpha value is -0.0700. The number of nitrogens with two attached hydrogens (primary N) is 1. The molecular weight excluding hydrogens is 349 g/mol. The third-order valence-electron chi connectivity index (χ3n) is 4.66. The zero-order valence-corrected chi connectivity index (χ0v) is 17.3. The van der Waals surface area contributed by atoms with Crippen molar-refractivity contribution < 1.29 is 9.53 Å². The second-order valence-electron chi connectivity index (χ2n) is 6.77. The molecule has 2 atom stereocenters. The van der Waals surface area contributed by atoms with E-state index in [9.17, 15) is 4.79 Å². The monoisotopic (exact) mass is 385 g/mol. The molecule has 0 aromatic carbocycles. The summed E-state index contributed by atoms with van der Waals surface area (Å²) in [5, 5.41) is 3.09. The Balaban J connectivity index is 0. The molecule has 5 nitrogen and oxygen atoms in total.